The normalized spacial score (nSPS) is 21.9. The van der Waals surface area contributed by atoms with Crippen molar-refractivity contribution in [3.05, 3.63) is 0 Å². The third kappa shape index (κ3) is 2.08. The molecule has 0 aromatic carbocycles. The van der Waals surface area contributed by atoms with Crippen LogP contribution in [0.25, 0.3) is 0 Å². The molecule has 5 nitrogen and oxygen atoms in total. The molecule has 1 aliphatic rings. The third-order valence-corrected chi connectivity index (χ3v) is 5.40. The van der Waals surface area contributed by atoms with Gasteiger partial charge in [0.1, 0.15) is 5.54 Å². The van der Waals surface area contributed by atoms with Crippen LogP contribution in [0.4, 0.5) is 0 Å². The van der Waals surface area contributed by atoms with Crippen LogP contribution in [0, 0.1) is 0 Å². The fraction of sp³-hybridized carbons (Fsp3) is 0.900. The van der Waals surface area contributed by atoms with Gasteiger partial charge in [-0.1, -0.05) is 13.8 Å². The van der Waals surface area contributed by atoms with E-state index in [9.17, 15) is 18.3 Å². The van der Waals surface area contributed by atoms with Crippen molar-refractivity contribution >= 4 is 16.0 Å². The lowest BCUT2D eigenvalue weighted by Crippen LogP contribution is -2.58. The molecule has 1 fully saturated rings. The van der Waals surface area contributed by atoms with Gasteiger partial charge in [0.25, 0.3) is 0 Å². The lowest BCUT2D eigenvalue weighted by atomic mass is 9.92. The van der Waals surface area contributed by atoms with Crippen LogP contribution >= 0.6 is 0 Å². The molecule has 0 spiro atoms. The second-order valence-corrected chi connectivity index (χ2v) is 6.15. The summed E-state index contributed by atoms with van der Waals surface area (Å²) < 4.78 is 25.0. The largest absolute Gasteiger partial charge is 0.480 e. The molecule has 0 unspecified atom stereocenters. The molecule has 0 radical (unpaired) electrons. The van der Waals surface area contributed by atoms with Crippen LogP contribution in [0.15, 0.2) is 0 Å². The second-order valence-electron chi connectivity index (χ2n) is 4.14. The molecular weight excluding hydrogens is 230 g/mol. The van der Waals surface area contributed by atoms with Gasteiger partial charge in [-0.25, -0.2) is 8.42 Å². The van der Waals surface area contributed by atoms with Crippen LogP contribution in [0.2, 0.25) is 0 Å². The van der Waals surface area contributed by atoms with E-state index in [-0.39, 0.29) is 5.75 Å². The minimum absolute atomic E-state index is 0.0715. The third-order valence-electron chi connectivity index (χ3n) is 3.39. The van der Waals surface area contributed by atoms with Gasteiger partial charge in [0.15, 0.2) is 0 Å². The zero-order valence-electron chi connectivity index (χ0n) is 9.77. The maximum Gasteiger partial charge on any atom is 0.325 e. The zero-order valence-corrected chi connectivity index (χ0v) is 10.6. The van der Waals surface area contributed by atoms with Gasteiger partial charge in [-0.05, 0) is 25.7 Å². The number of rotatable bonds is 4. The van der Waals surface area contributed by atoms with Crippen LogP contribution in [0.5, 0.6) is 0 Å². The SMILES string of the molecule is CCC(CC)(C(=O)O)N1CCCCS1(=O)=O. The van der Waals surface area contributed by atoms with E-state index in [4.69, 9.17) is 0 Å². The van der Waals surface area contributed by atoms with Gasteiger partial charge < -0.3 is 5.11 Å². The van der Waals surface area contributed by atoms with E-state index in [1.165, 1.54) is 4.31 Å². The summed E-state index contributed by atoms with van der Waals surface area (Å²) in [6.45, 7) is 3.78. The van der Waals surface area contributed by atoms with E-state index in [0.29, 0.717) is 25.8 Å². The van der Waals surface area contributed by atoms with Crippen LogP contribution in [0.3, 0.4) is 0 Å². The van der Waals surface area contributed by atoms with Crippen molar-refractivity contribution in [1.82, 2.24) is 4.31 Å². The van der Waals surface area contributed by atoms with E-state index in [0.717, 1.165) is 6.42 Å². The molecule has 0 atom stereocenters. The molecule has 1 N–H and O–H groups in total. The van der Waals surface area contributed by atoms with Crippen molar-refractivity contribution < 1.29 is 18.3 Å². The minimum atomic E-state index is -3.40. The average molecular weight is 249 g/mol. The Morgan fingerprint density at radius 2 is 1.88 bits per heavy atom. The standard InChI is InChI=1S/C10H19NO4S/c1-3-10(4-2,9(12)13)11-7-5-6-8-16(11,14)15/h3-8H2,1-2H3,(H,12,13). The molecule has 0 saturated carbocycles. The van der Waals surface area contributed by atoms with Crippen LogP contribution in [0.1, 0.15) is 39.5 Å². The topological polar surface area (TPSA) is 74.7 Å². The highest BCUT2D eigenvalue weighted by atomic mass is 32.2. The van der Waals surface area contributed by atoms with E-state index < -0.39 is 21.5 Å². The van der Waals surface area contributed by atoms with Crippen LogP contribution in [-0.4, -0.2) is 41.6 Å². The van der Waals surface area contributed by atoms with Gasteiger partial charge in [-0.15, -0.1) is 0 Å². The highest BCUT2D eigenvalue weighted by Crippen LogP contribution is 2.30. The summed E-state index contributed by atoms with van der Waals surface area (Å²) in [5.74, 6) is -0.967. The van der Waals surface area contributed by atoms with Crippen molar-refractivity contribution in [2.45, 2.75) is 45.1 Å². The number of sulfonamides is 1. The lowest BCUT2D eigenvalue weighted by molar-refractivity contribution is -0.149. The van der Waals surface area contributed by atoms with Gasteiger partial charge in [0.05, 0.1) is 5.75 Å². The first kappa shape index (κ1) is 13.4. The van der Waals surface area contributed by atoms with E-state index >= 15 is 0 Å². The molecule has 0 amide bonds. The molecule has 0 aromatic heterocycles. The summed E-state index contributed by atoms with van der Waals surface area (Å²) in [6.07, 6.45) is 1.98. The Morgan fingerprint density at radius 1 is 1.31 bits per heavy atom. The van der Waals surface area contributed by atoms with Gasteiger partial charge in [0, 0.05) is 6.54 Å². The Kier molecular flexibility index (Phi) is 3.96. The zero-order chi connectivity index (χ0) is 12.4. The first-order valence-corrected chi connectivity index (χ1v) is 7.25. The first-order valence-electron chi connectivity index (χ1n) is 5.64. The van der Waals surface area contributed by atoms with Crippen molar-refractivity contribution in [3.63, 3.8) is 0 Å². The fourth-order valence-corrected chi connectivity index (χ4v) is 4.35. The summed E-state index contributed by atoms with van der Waals surface area (Å²) in [6, 6.07) is 0. The molecule has 0 aliphatic carbocycles. The molecule has 1 heterocycles. The van der Waals surface area contributed by atoms with E-state index in [1.54, 1.807) is 13.8 Å². The number of carboxylic acid groups (broad SMARTS) is 1. The van der Waals surface area contributed by atoms with Crippen molar-refractivity contribution in [3.8, 4) is 0 Å². The monoisotopic (exact) mass is 249 g/mol. The number of carbonyl (C=O) groups is 1. The first-order chi connectivity index (χ1) is 7.40. The van der Waals surface area contributed by atoms with E-state index in [2.05, 4.69) is 0 Å². The van der Waals surface area contributed by atoms with Crippen LogP contribution in [-0.2, 0) is 14.8 Å². The highest BCUT2D eigenvalue weighted by Gasteiger charge is 2.47. The fourth-order valence-electron chi connectivity index (χ4n) is 2.28. The van der Waals surface area contributed by atoms with Gasteiger partial charge in [0.2, 0.25) is 10.0 Å². The quantitative estimate of drug-likeness (QED) is 0.808. The molecule has 1 rings (SSSR count). The number of aliphatic carboxylic acids is 1. The summed E-state index contributed by atoms with van der Waals surface area (Å²) in [4.78, 5) is 11.4. The summed E-state index contributed by atoms with van der Waals surface area (Å²) >= 11 is 0. The molecule has 6 heteroatoms. The second kappa shape index (κ2) is 4.71. The van der Waals surface area contributed by atoms with Crippen LogP contribution < -0.4 is 0 Å². The molecule has 94 valence electrons. The molecule has 0 bridgehead atoms. The molecule has 1 saturated heterocycles. The molecular formula is C10H19NO4S. The minimum Gasteiger partial charge on any atom is -0.480 e. The smallest absolute Gasteiger partial charge is 0.325 e. The maximum atomic E-state index is 11.9. The Morgan fingerprint density at radius 3 is 2.25 bits per heavy atom. The lowest BCUT2D eigenvalue weighted by Gasteiger charge is -2.40. The summed E-state index contributed by atoms with van der Waals surface area (Å²) in [5, 5.41) is 9.30. The Bertz CT molecular complexity index is 359. The Hall–Kier alpha value is -0.620. The van der Waals surface area contributed by atoms with Crippen molar-refractivity contribution in [1.29, 1.82) is 0 Å². The highest BCUT2D eigenvalue weighted by molar-refractivity contribution is 7.89. The predicted molar refractivity (Wildman–Crippen MR) is 60.7 cm³/mol. The summed E-state index contributed by atoms with van der Waals surface area (Å²) in [7, 11) is -3.40. The molecule has 0 aromatic rings. The van der Waals surface area contributed by atoms with E-state index in [1.807, 2.05) is 0 Å². The Labute approximate surface area is 96.5 Å². The number of hydrogen-bond acceptors (Lipinski definition) is 3. The molecule has 1 aliphatic heterocycles. The van der Waals surface area contributed by atoms with Crippen molar-refractivity contribution in [2.75, 3.05) is 12.3 Å². The Balaban J connectivity index is 3.16. The van der Waals surface area contributed by atoms with Gasteiger partial charge in [-0.3, -0.25) is 4.79 Å². The van der Waals surface area contributed by atoms with Gasteiger partial charge in [-0.2, -0.15) is 4.31 Å². The van der Waals surface area contributed by atoms with Gasteiger partial charge >= 0.3 is 5.97 Å². The predicted octanol–water partition coefficient (Wildman–Crippen LogP) is 1.06. The maximum absolute atomic E-state index is 11.9. The molecule has 16 heavy (non-hydrogen) atoms. The number of hydrogen-bond donors (Lipinski definition) is 1. The summed E-state index contributed by atoms with van der Waals surface area (Å²) in [5.41, 5.74) is -1.25. The van der Waals surface area contributed by atoms with Crippen molar-refractivity contribution in [2.24, 2.45) is 0 Å². The average Bonchev–Trinajstić information content (AvgIpc) is 2.22. The number of carboxylic acids is 1. The number of nitrogens with zero attached hydrogens (tertiary/aromatic N) is 1.